The van der Waals surface area contributed by atoms with Crippen molar-refractivity contribution in [2.45, 2.75) is 52.8 Å². The fraction of sp³-hybridized carbons (Fsp3) is 0.692. The largest absolute Gasteiger partial charge is 0.531 e. The molecule has 20 heavy (non-hydrogen) atoms. The Bertz CT molecular complexity index is 442. The monoisotopic (exact) mass is 314 g/mol. The summed E-state index contributed by atoms with van der Waals surface area (Å²) in [6.45, 7) is 15.7. The number of aromatic nitrogens is 2. The predicted molar refractivity (Wildman–Crippen MR) is 85.3 cm³/mol. The van der Waals surface area contributed by atoms with E-state index in [-0.39, 0.29) is 0 Å². The Balaban J connectivity index is 3.01. The molecule has 1 aromatic rings. The number of rotatable bonds is 7. The summed E-state index contributed by atoms with van der Waals surface area (Å²) in [5.41, 5.74) is 0.872. The van der Waals surface area contributed by atoms with E-state index in [9.17, 15) is 0 Å². The van der Waals surface area contributed by atoms with Crippen LogP contribution in [-0.4, -0.2) is 33.2 Å². The van der Waals surface area contributed by atoms with Crippen LogP contribution >= 0.6 is 0 Å². The molecular formula is C13H26N2O3Si2. The molecule has 0 atom stereocenters. The van der Waals surface area contributed by atoms with Gasteiger partial charge in [0.1, 0.15) is 0 Å². The zero-order valence-electron chi connectivity index (χ0n) is 13.6. The van der Waals surface area contributed by atoms with E-state index in [1.165, 1.54) is 0 Å². The molecule has 114 valence electrons. The summed E-state index contributed by atoms with van der Waals surface area (Å²) in [6.07, 6.45) is 1.74. The van der Waals surface area contributed by atoms with Crippen molar-refractivity contribution in [3.05, 3.63) is 11.8 Å². The molecule has 0 saturated carbocycles. The average Bonchev–Trinajstić information content (AvgIpc) is 2.23. The minimum atomic E-state index is -1.74. The Kier molecular flexibility index (Phi) is 5.72. The quantitative estimate of drug-likeness (QED) is 0.722. The lowest BCUT2D eigenvalue weighted by molar-refractivity contribution is 0.132. The molecule has 0 unspecified atom stereocenters. The smallest absolute Gasteiger partial charge is 0.305 e. The van der Waals surface area contributed by atoms with Crippen molar-refractivity contribution in [2.24, 2.45) is 0 Å². The maximum Gasteiger partial charge on any atom is 0.305 e. The van der Waals surface area contributed by atoms with E-state index in [0.717, 1.165) is 5.56 Å². The normalized spacial score (nSPS) is 12.3. The second-order valence-corrected chi connectivity index (χ2v) is 15.4. The average molecular weight is 315 g/mol. The zero-order chi connectivity index (χ0) is 15.4. The molecule has 0 aliphatic rings. The van der Waals surface area contributed by atoms with Crippen LogP contribution in [0.25, 0.3) is 0 Å². The molecular weight excluding hydrogens is 288 g/mol. The Labute approximate surface area is 124 Å². The molecule has 0 amide bonds. The van der Waals surface area contributed by atoms with Crippen LogP contribution in [0.15, 0.2) is 6.20 Å². The molecule has 0 fully saturated rings. The van der Waals surface area contributed by atoms with Gasteiger partial charge in [0, 0.05) is 12.8 Å². The fourth-order valence-electron chi connectivity index (χ4n) is 1.39. The molecule has 0 saturated heterocycles. The van der Waals surface area contributed by atoms with Crippen LogP contribution in [-0.2, 0) is 11.3 Å². The van der Waals surface area contributed by atoms with Gasteiger partial charge in [0.2, 0.25) is 22.5 Å². The number of hydrogen-bond acceptors (Lipinski definition) is 5. The first-order valence-corrected chi connectivity index (χ1v) is 13.7. The summed E-state index contributed by atoms with van der Waals surface area (Å²) >= 11 is 0. The zero-order valence-corrected chi connectivity index (χ0v) is 15.6. The highest BCUT2D eigenvalue weighted by Gasteiger charge is 2.23. The van der Waals surface area contributed by atoms with E-state index in [1.54, 1.807) is 6.20 Å². The predicted octanol–water partition coefficient (Wildman–Crippen LogP) is 3.44. The maximum atomic E-state index is 6.03. The Hall–Kier alpha value is -0.926. The number of hydrogen-bond donors (Lipinski definition) is 0. The van der Waals surface area contributed by atoms with Crippen LogP contribution < -0.4 is 8.85 Å². The molecule has 1 heterocycles. The van der Waals surface area contributed by atoms with Gasteiger partial charge in [-0.1, -0.05) is 0 Å². The van der Waals surface area contributed by atoms with E-state index < -0.39 is 16.6 Å². The molecule has 5 nitrogen and oxygen atoms in total. The minimum absolute atomic E-state index is 0.401. The third-order valence-electron chi connectivity index (χ3n) is 2.06. The Morgan fingerprint density at radius 3 is 2.10 bits per heavy atom. The minimum Gasteiger partial charge on any atom is -0.531 e. The fourth-order valence-corrected chi connectivity index (χ4v) is 2.79. The molecule has 7 heteroatoms. The van der Waals surface area contributed by atoms with Gasteiger partial charge in [-0.2, -0.15) is 4.98 Å². The van der Waals surface area contributed by atoms with E-state index in [0.29, 0.717) is 25.1 Å². The molecule has 1 aromatic heterocycles. The Morgan fingerprint density at radius 1 is 1.00 bits per heavy atom. The van der Waals surface area contributed by atoms with Crippen molar-refractivity contribution in [2.75, 3.05) is 6.61 Å². The van der Waals surface area contributed by atoms with Crippen LogP contribution in [0.4, 0.5) is 0 Å². The van der Waals surface area contributed by atoms with Gasteiger partial charge in [-0.05, 0) is 46.2 Å². The molecule has 1 rings (SSSR count). The molecule has 0 N–H and O–H groups in total. The lowest BCUT2D eigenvalue weighted by Gasteiger charge is -2.22. The van der Waals surface area contributed by atoms with Crippen LogP contribution in [0.5, 0.6) is 11.9 Å². The highest BCUT2D eigenvalue weighted by Crippen LogP contribution is 2.23. The number of nitrogens with zero attached hydrogens (tertiary/aromatic N) is 2. The second kappa shape index (κ2) is 6.69. The first kappa shape index (κ1) is 17.1. The van der Waals surface area contributed by atoms with Gasteiger partial charge in [0.05, 0.1) is 12.2 Å². The van der Waals surface area contributed by atoms with Crippen LogP contribution in [0.3, 0.4) is 0 Å². The highest BCUT2D eigenvalue weighted by atomic mass is 28.4. The van der Waals surface area contributed by atoms with Crippen molar-refractivity contribution in [1.29, 1.82) is 0 Å². The van der Waals surface area contributed by atoms with Crippen molar-refractivity contribution >= 4 is 16.6 Å². The van der Waals surface area contributed by atoms with Gasteiger partial charge in [-0.3, -0.25) is 0 Å². The van der Waals surface area contributed by atoms with E-state index in [4.69, 9.17) is 13.6 Å². The van der Waals surface area contributed by atoms with Crippen LogP contribution in [0.1, 0.15) is 12.5 Å². The van der Waals surface area contributed by atoms with Crippen molar-refractivity contribution in [1.82, 2.24) is 9.97 Å². The third-order valence-corrected chi connectivity index (χ3v) is 3.67. The lowest BCUT2D eigenvalue weighted by atomic mass is 10.3. The van der Waals surface area contributed by atoms with Crippen LogP contribution in [0, 0.1) is 0 Å². The highest BCUT2D eigenvalue weighted by molar-refractivity contribution is 6.70. The maximum absolute atomic E-state index is 6.03. The van der Waals surface area contributed by atoms with Gasteiger partial charge in [-0.25, -0.2) is 4.98 Å². The topological polar surface area (TPSA) is 53.5 Å². The van der Waals surface area contributed by atoms with Gasteiger partial charge >= 0.3 is 6.01 Å². The summed E-state index contributed by atoms with van der Waals surface area (Å²) in [5.74, 6) is 0.598. The van der Waals surface area contributed by atoms with Gasteiger partial charge in [0.15, 0.2) is 0 Å². The standard InChI is InChI=1S/C13H26N2O3Si2/c1-8-16-10-11-9-14-13(18-20(5,6)7)15-12(11)17-19(2,3)4/h9H,8,10H2,1-7H3. The van der Waals surface area contributed by atoms with Crippen molar-refractivity contribution < 1.29 is 13.6 Å². The van der Waals surface area contributed by atoms with Crippen LogP contribution in [0.2, 0.25) is 39.3 Å². The third kappa shape index (κ3) is 6.49. The van der Waals surface area contributed by atoms with E-state index in [2.05, 4.69) is 49.3 Å². The lowest BCUT2D eigenvalue weighted by Crippen LogP contribution is -2.32. The summed E-state index contributed by atoms with van der Waals surface area (Å²) in [7, 11) is -3.46. The molecule has 0 aliphatic carbocycles. The summed E-state index contributed by atoms with van der Waals surface area (Å²) in [4.78, 5) is 8.69. The summed E-state index contributed by atoms with van der Waals surface area (Å²) < 4.78 is 17.3. The molecule has 0 spiro atoms. The van der Waals surface area contributed by atoms with E-state index >= 15 is 0 Å². The molecule has 0 bridgehead atoms. The Morgan fingerprint density at radius 2 is 1.60 bits per heavy atom. The van der Waals surface area contributed by atoms with Gasteiger partial charge < -0.3 is 13.6 Å². The molecule has 0 aromatic carbocycles. The second-order valence-electron chi connectivity index (χ2n) is 6.55. The summed E-state index contributed by atoms with van der Waals surface area (Å²) in [5, 5.41) is 0. The summed E-state index contributed by atoms with van der Waals surface area (Å²) in [6, 6.07) is 0.401. The number of ether oxygens (including phenoxy) is 1. The van der Waals surface area contributed by atoms with Gasteiger partial charge in [-0.15, -0.1) is 0 Å². The van der Waals surface area contributed by atoms with Gasteiger partial charge in [0.25, 0.3) is 0 Å². The van der Waals surface area contributed by atoms with Crippen molar-refractivity contribution in [3.63, 3.8) is 0 Å². The molecule has 0 radical (unpaired) electrons. The van der Waals surface area contributed by atoms with E-state index in [1.807, 2.05) is 6.92 Å². The first-order valence-electron chi connectivity index (χ1n) is 6.92. The van der Waals surface area contributed by atoms with Crippen molar-refractivity contribution in [3.8, 4) is 11.9 Å². The molecule has 0 aliphatic heterocycles. The first-order chi connectivity index (χ1) is 9.11. The SMILES string of the molecule is CCOCc1cnc(O[Si](C)(C)C)nc1O[Si](C)(C)C.